The van der Waals surface area contributed by atoms with Gasteiger partial charge in [0.2, 0.25) is 0 Å². The van der Waals surface area contributed by atoms with Gasteiger partial charge in [0.1, 0.15) is 17.6 Å². The molecule has 1 aliphatic rings. The van der Waals surface area contributed by atoms with Crippen molar-refractivity contribution < 1.29 is 19.4 Å². The lowest BCUT2D eigenvalue weighted by Crippen LogP contribution is -2.37. The molecule has 0 saturated carbocycles. The van der Waals surface area contributed by atoms with Crippen molar-refractivity contribution in [3.05, 3.63) is 108 Å². The number of fused-ring (bicyclic) bond motifs is 2. The minimum absolute atomic E-state index is 0. The third kappa shape index (κ3) is 5.64. The van der Waals surface area contributed by atoms with Crippen LogP contribution in [-0.2, 0) is 4.79 Å². The largest absolute Gasteiger partial charge is 0.489 e. The van der Waals surface area contributed by atoms with Gasteiger partial charge in [-0.3, -0.25) is 0 Å². The van der Waals surface area contributed by atoms with Crippen LogP contribution in [0.25, 0.3) is 10.8 Å². The molecule has 0 amide bonds. The van der Waals surface area contributed by atoms with E-state index in [0.29, 0.717) is 5.75 Å². The Bertz CT molecular complexity index is 1320. The van der Waals surface area contributed by atoms with E-state index in [-0.39, 0.29) is 37.1 Å². The van der Waals surface area contributed by atoms with E-state index in [1.54, 1.807) is 0 Å². The topological polar surface area (TPSA) is 67.8 Å². The highest BCUT2D eigenvalue weighted by atomic mass is 35.5. The molecule has 0 saturated heterocycles. The second-order valence-electron chi connectivity index (χ2n) is 9.02. The predicted octanol–water partition coefficient (Wildman–Crippen LogP) is 6.36. The number of hydrogen-bond donors (Lipinski definition) is 2. The quantitative estimate of drug-likeness (QED) is 0.293. The Morgan fingerprint density at radius 3 is 2.53 bits per heavy atom. The normalized spacial score (nSPS) is 17.4. The molecule has 0 aliphatic carbocycles. The Kier molecular flexibility index (Phi) is 8.14. The highest BCUT2D eigenvalue weighted by Crippen LogP contribution is 2.40. The van der Waals surface area contributed by atoms with Crippen molar-refractivity contribution in [3.63, 3.8) is 0 Å². The molecule has 36 heavy (non-hydrogen) atoms. The van der Waals surface area contributed by atoms with Crippen molar-refractivity contribution >= 4 is 29.1 Å². The van der Waals surface area contributed by atoms with Gasteiger partial charge < -0.3 is 19.9 Å². The smallest absolute Gasteiger partial charge is 0.341 e. The molecular weight excluding hydrogens is 474 g/mol. The van der Waals surface area contributed by atoms with E-state index >= 15 is 0 Å². The summed E-state index contributed by atoms with van der Waals surface area (Å²) in [4.78, 5) is 10.8. The molecule has 0 bridgehead atoms. The Balaban J connectivity index is 0.00000304. The first-order valence-electron chi connectivity index (χ1n) is 12.0. The molecule has 1 unspecified atom stereocenters. The lowest BCUT2D eigenvalue weighted by atomic mass is 9.84. The minimum atomic E-state index is -0.986. The van der Waals surface area contributed by atoms with Crippen molar-refractivity contribution in [2.24, 2.45) is 0 Å². The summed E-state index contributed by atoms with van der Waals surface area (Å²) in [7, 11) is 0. The molecule has 2 N–H and O–H groups in total. The van der Waals surface area contributed by atoms with Crippen molar-refractivity contribution in [1.29, 1.82) is 0 Å². The maximum absolute atomic E-state index is 10.8. The van der Waals surface area contributed by atoms with Crippen LogP contribution < -0.4 is 14.8 Å². The van der Waals surface area contributed by atoms with Crippen LogP contribution in [0.15, 0.2) is 91.0 Å². The fraction of sp³-hybridized carbons (Fsp3) is 0.233. The summed E-state index contributed by atoms with van der Waals surface area (Å²) in [6.07, 6.45) is 0.872. The second kappa shape index (κ2) is 11.5. The number of halogens is 1. The zero-order valence-corrected chi connectivity index (χ0v) is 20.9. The van der Waals surface area contributed by atoms with Gasteiger partial charge in [0.15, 0.2) is 6.61 Å². The molecule has 1 aliphatic heterocycles. The average molecular weight is 504 g/mol. The van der Waals surface area contributed by atoms with Gasteiger partial charge >= 0.3 is 5.97 Å². The Morgan fingerprint density at radius 1 is 1.00 bits per heavy atom. The second-order valence-corrected chi connectivity index (χ2v) is 9.02. The number of para-hydroxylation sites is 1. The summed E-state index contributed by atoms with van der Waals surface area (Å²) in [6, 6.07) is 31.0. The van der Waals surface area contributed by atoms with Crippen molar-refractivity contribution in [2.45, 2.75) is 31.4 Å². The first kappa shape index (κ1) is 25.5. The maximum Gasteiger partial charge on any atom is 0.341 e. The Labute approximate surface area is 217 Å². The molecule has 0 fully saturated rings. The lowest BCUT2D eigenvalue weighted by Gasteiger charge is -2.33. The van der Waals surface area contributed by atoms with E-state index < -0.39 is 5.97 Å². The van der Waals surface area contributed by atoms with E-state index in [1.807, 2.05) is 42.5 Å². The zero-order valence-electron chi connectivity index (χ0n) is 20.1. The van der Waals surface area contributed by atoms with Crippen molar-refractivity contribution in [2.75, 3.05) is 13.2 Å². The first-order valence-corrected chi connectivity index (χ1v) is 12.0. The van der Waals surface area contributed by atoms with E-state index in [0.717, 1.165) is 24.3 Å². The molecule has 0 spiro atoms. The van der Waals surface area contributed by atoms with Gasteiger partial charge in [0.05, 0.1) is 0 Å². The number of benzene rings is 4. The van der Waals surface area contributed by atoms with Crippen molar-refractivity contribution in [3.8, 4) is 11.5 Å². The number of rotatable bonds is 8. The summed E-state index contributed by atoms with van der Waals surface area (Å²) < 4.78 is 11.7. The number of aliphatic carboxylic acids is 1. The van der Waals surface area contributed by atoms with Gasteiger partial charge in [-0.25, -0.2) is 4.79 Å². The van der Waals surface area contributed by atoms with Crippen LogP contribution in [0.3, 0.4) is 0 Å². The summed E-state index contributed by atoms with van der Waals surface area (Å²) in [5, 5.41) is 15.1. The molecule has 0 radical (unpaired) electrons. The van der Waals surface area contributed by atoms with Crippen LogP contribution in [0, 0.1) is 0 Å². The van der Waals surface area contributed by atoms with Crippen LogP contribution in [-0.4, -0.2) is 30.3 Å². The average Bonchev–Trinajstić information content (AvgIpc) is 2.90. The molecular formula is C30H30ClNO4. The van der Waals surface area contributed by atoms with Gasteiger partial charge in [-0.15, -0.1) is 12.4 Å². The van der Waals surface area contributed by atoms with Gasteiger partial charge in [0.25, 0.3) is 0 Å². The highest BCUT2D eigenvalue weighted by Gasteiger charge is 2.29. The third-order valence-corrected chi connectivity index (χ3v) is 6.67. The monoisotopic (exact) mass is 503 g/mol. The summed E-state index contributed by atoms with van der Waals surface area (Å²) in [6.45, 7) is 2.59. The Hall–Kier alpha value is -3.54. The standard InChI is InChI=1S/C30H29NO4.ClH/c1-20(25-11-6-8-21-7-2-3-9-26(21)25)31-18-24-17-28(27-10-4-5-12-29(27)35-24)22-13-15-23(16-14-22)34-19-30(32)33;/h2-16,20,24,28,31H,17-19H2,1H3,(H,32,33);1H/t20?,24-,28-;/m0./s1. The number of carboxylic acids is 1. The SMILES string of the molecule is CC(NC[C@@H]1C[C@@H](c2ccc(OCC(=O)O)cc2)c2ccccc2O1)c1cccc2ccccc12.Cl. The van der Waals surface area contributed by atoms with Crippen LogP contribution in [0.2, 0.25) is 0 Å². The number of carboxylic acid groups (broad SMARTS) is 1. The van der Waals surface area contributed by atoms with E-state index in [4.69, 9.17) is 14.6 Å². The minimum Gasteiger partial charge on any atom is -0.489 e. The zero-order chi connectivity index (χ0) is 24.2. The highest BCUT2D eigenvalue weighted by molar-refractivity contribution is 5.86. The number of hydrogen-bond acceptors (Lipinski definition) is 4. The van der Waals surface area contributed by atoms with Gasteiger partial charge in [-0.1, -0.05) is 72.8 Å². The molecule has 1 heterocycles. The third-order valence-electron chi connectivity index (χ3n) is 6.67. The molecule has 5 rings (SSSR count). The number of ether oxygens (including phenoxy) is 2. The summed E-state index contributed by atoms with van der Waals surface area (Å²) in [5.74, 6) is 0.673. The molecule has 5 nitrogen and oxygen atoms in total. The van der Waals surface area contributed by atoms with Gasteiger partial charge in [-0.05, 0) is 53.4 Å². The van der Waals surface area contributed by atoms with Crippen LogP contribution in [0.5, 0.6) is 11.5 Å². The number of carbonyl (C=O) groups is 1. The maximum atomic E-state index is 10.8. The molecule has 4 aromatic rings. The molecule has 186 valence electrons. The molecule has 3 atom stereocenters. The predicted molar refractivity (Wildman–Crippen MR) is 145 cm³/mol. The Morgan fingerprint density at radius 2 is 1.72 bits per heavy atom. The van der Waals surface area contributed by atoms with Crippen molar-refractivity contribution in [1.82, 2.24) is 5.32 Å². The number of nitrogens with one attached hydrogen (secondary N) is 1. The molecule has 6 heteroatoms. The fourth-order valence-electron chi connectivity index (χ4n) is 4.92. The fourth-order valence-corrected chi connectivity index (χ4v) is 4.92. The van der Waals surface area contributed by atoms with E-state index in [1.165, 1.54) is 21.9 Å². The molecule has 0 aromatic heterocycles. The van der Waals surface area contributed by atoms with Gasteiger partial charge in [-0.2, -0.15) is 0 Å². The van der Waals surface area contributed by atoms with E-state index in [2.05, 4.69) is 60.8 Å². The van der Waals surface area contributed by atoms with Gasteiger partial charge in [0, 0.05) is 24.1 Å². The van der Waals surface area contributed by atoms with E-state index in [9.17, 15) is 4.79 Å². The summed E-state index contributed by atoms with van der Waals surface area (Å²) in [5.41, 5.74) is 3.62. The van der Waals surface area contributed by atoms with Crippen LogP contribution >= 0.6 is 12.4 Å². The molecule has 4 aromatic carbocycles. The van der Waals surface area contributed by atoms with Crippen LogP contribution in [0.1, 0.15) is 42.0 Å². The van der Waals surface area contributed by atoms with Crippen LogP contribution in [0.4, 0.5) is 0 Å². The summed E-state index contributed by atoms with van der Waals surface area (Å²) >= 11 is 0. The first-order chi connectivity index (χ1) is 17.1. The lowest BCUT2D eigenvalue weighted by molar-refractivity contribution is -0.139.